The van der Waals surface area contributed by atoms with E-state index in [1.807, 2.05) is 31.2 Å². The van der Waals surface area contributed by atoms with Crippen molar-refractivity contribution in [2.75, 3.05) is 10.6 Å². The van der Waals surface area contributed by atoms with Gasteiger partial charge >= 0.3 is 0 Å². The Labute approximate surface area is 123 Å². The molecule has 0 aliphatic carbocycles. The van der Waals surface area contributed by atoms with Crippen LogP contribution in [0.2, 0.25) is 0 Å². The van der Waals surface area contributed by atoms with Crippen molar-refractivity contribution in [3.05, 3.63) is 59.4 Å². The largest absolute Gasteiger partial charge is 0.396 e. The summed E-state index contributed by atoms with van der Waals surface area (Å²) in [5.74, 6) is -0.801. The minimum absolute atomic E-state index is 0.0649. The van der Waals surface area contributed by atoms with Crippen molar-refractivity contribution in [1.29, 1.82) is 0 Å². The molecular formula is C17H17FN2O. The molecule has 2 N–H and O–H groups in total. The fourth-order valence-electron chi connectivity index (χ4n) is 2.85. The van der Waals surface area contributed by atoms with Crippen LogP contribution in [0.1, 0.15) is 29.3 Å². The third-order valence-corrected chi connectivity index (χ3v) is 4.03. The number of halogens is 1. The van der Waals surface area contributed by atoms with Crippen LogP contribution in [0.4, 0.5) is 15.8 Å². The molecule has 1 unspecified atom stereocenters. The Bertz CT molecular complexity index is 699. The van der Waals surface area contributed by atoms with Gasteiger partial charge in [-0.25, -0.2) is 4.39 Å². The molecule has 1 aliphatic rings. The minimum atomic E-state index is -0.557. The Kier molecular flexibility index (Phi) is 3.37. The number of fused-ring (bicyclic) bond motifs is 1. The zero-order valence-electron chi connectivity index (χ0n) is 11.8. The van der Waals surface area contributed by atoms with Gasteiger partial charge in [0.15, 0.2) is 0 Å². The molecule has 4 heteroatoms. The number of aryl methyl sites for hydroxylation is 1. The first-order valence-corrected chi connectivity index (χ1v) is 7.05. The van der Waals surface area contributed by atoms with E-state index in [0.29, 0.717) is 0 Å². The Morgan fingerprint density at radius 2 is 2.00 bits per heavy atom. The zero-order valence-corrected chi connectivity index (χ0v) is 11.8. The van der Waals surface area contributed by atoms with E-state index in [1.54, 1.807) is 11.0 Å². The number of benzene rings is 2. The highest BCUT2D eigenvalue weighted by atomic mass is 19.1. The van der Waals surface area contributed by atoms with Gasteiger partial charge in [-0.3, -0.25) is 4.79 Å². The number of nitrogens with two attached hydrogens (primary N) is 1. The molecule has 2 aromatic carbocycles. The van der Waals surface area contributed by atoms with Gasteiger partial charge < -0.3 is 10.6 Å². The summed E-state index contributed by atoms with van der Waals surface area (Å²) in [6.07, 6.45) is 1.83. The second-order valence-corrected chi connectivity index (χ2v) is 5.39. The van der Waals surface area contributed by atoms with Crippen molar-refractivity contribution < 1.29 is 9.18 Å². The van der Waals surface area contributed by atoms with E-state index in [-0.39, 0.29) is 23.2 Å². The molecular weight excluding hydrogens is 267 g/mol. The third-order valence-electron chi connectivity index (χ3n) is 4.03. The normalized spacial score (nSPS) is 17.4. The van der Waals surface area contributed by atoms with Crippen molar-refractivity contribution in [3.63, 3.8) is 0 Å². The molecule has 1 heterocycles. The molecule has 21 heavy (non-hydrogen) atoms. The molecule has 1 atom stereocenters. The molecule has 3 nitrogen and oxygen atoms in total. The minimum Gasteiger partial charge on any atom is -0.396 e. The van der Waals surface area contributed by atoms with Crippen molar-refractivity contribution in [2.45, 2.75) is 25.8 Å². The first-order chi connectivity index (χ1) is 10.1. The van der Waals surface area contributed by atoms with E-state index in [9.17, 15) is 9.18 Å². The van der Waals surface area contributed by atoms with Gasteiger partial charge in [0.25, 0.3) is 5.91 Å². The number of nitrogens with zero attached hydrogens (tertiary/aromatic N) is 1. The summed E-state index contributed by atoms with van der Waals surface area (Å²) in [6.45, 7) is 2.00. The number of nitrogen functional groups attached to an aromatic ring is 1. The lowest BCUT2D eigenvalue weighted by atomic mass is 9.95. The van der Waals surface area contributed by atoms with Crippen molar-refractivity contribution in [1.82, 2.24) is 0 Å². The van der Waals surface area contributed by atoms with Crippen molar-refractivity contribution in [3.8, 4) is 0 Å². The lowest BCUT2D eigenvalue weighted by Gasteiger charge is -2.35. The predicted molar refractivity (Wildman–Crippen MR) is 81.8 cm³/mol. The smallest absolute Gasteiger partial charge is 0.260 e. The fraction of sp³-hybridized carbons (Fsp3) is 0.235. The number of rotatable bonds is 1. The average Bonchev–Trinajstić information content (AvgIpc) is 2.49. The summed E-state index contributed by atoms with van der Waals surface area (Å²) >= 11 is 0. The van der Waals surface area contributed by atoms with Crippen molar-refractivity contribution >= 4 is 17.3 Å². The second-order valence-electron chi connectivity index (χ2n) is 5.39. The molecule has 2 aromatic rings. The Morgan fingerprint density at radius 3 is 2.81 bits per heavy atom. The van der Waals surface area contributed by atoms with E-state index in [1.165, 1.54) is 12.1 Å². The summed E-state index contributed by atoms with van der Waals surface area (Å²) in [5.41, 5.74) is 7.90. The molecule has 1 aliphatic heterocycles. The van der Waals surface area contributed by atoms with Gasteiger partial charge in [-0.05, 0) is 43.5 Å². The van der Waals surface area contributed by atoms with Crippen LogP contribution in [-0.4, -0.2) is 11.9 Å². The van der Waals surface area contributed by atoms with Crippen molar-refractivity contribution in [2.24, 2.45) is 0 Å². The monoisotopic (exact) mass is 284 g/mol. The van der Waals surface area contributed by atoms with Crippen LogP contribution in [0.25, 0.3) is 0 Å². The quantitative estimate of drug-likeness (QED) is 0.816. The maximum Gasteiger partial charge on any atom is 0.260 e. The number of hydrogen-bond donors (Lipinski definition) is 1. The summed E-state index contributed by atoms with van der Waals surface area (Å²) in [4.78, 5) is 14.6. The van der Waals surface area contributed by atoms with Crippen LogP contribution in [0.5, 0.6) is 0 Å². The van der Waals surface area contributed by atoms with E-state index >= 15 is 0 Å². The second kappa shape index (κ2) is 5.20. The van der Waals surface area contributed by atoms with Crippen LogP contribution in [0.15, 0.2) is 42.5 Å². The average molecular weight is 284 g/mol. The molecule has 0 fully saturated rings. The Balaban J connectivity index is 2.07. The molecule has 108 valence electrons. The van der Waals surface area contributed by atoms with Gasteiger partial charge in [-0.1, -0.05) is 24.3 Å². The molecule has 3 rings (SSSR count). The molecule has 0 bridgehead atoms. The fourth-order valence-corrected chi connectivity index (χ4v) is 2.85. The lowest BCUT2D eigenvalue weighted by Crippen LogP contribution is -2.42. The number of para-hydroxylation sites is 2. The first-order valence-electron chi connectivity index (χ1n) is 7.05. The molecule has 1 amide bonds. The summed E-state index contributed by atoms with van der Waals surface area (Å²) in [5, 5.41) is 0. The maximum atomic E-state index is 13.6. The number of anilines is 2. The number of hydrogen-bond acceptors (Lipinski definition) is 2. The van der Waals surface area contributed by atoms with Crippen LogP contribution >= 0.6 is 0 Å². The van der Waals surface area contributed by atoms with E-state index in [4.69, 9.17) is 5.73 Å². The topological polar surface area (TPSA) is 46.3 Å². The number of carbonyl (C=O) groups is 1. The SMILES string of the molecule is CC1CCc2ccccc2N1C(=O)c1cccc(F)c1N. The number of amides is 1. The van der Waals surface area contributed by atoms with Gasteiger partial charge in [0.1, 0.15) is 5.82 Å². The van der Waals surface area contributed by atoms with Gasteiger partial charge in [-0.15, -0.1) is 0 Å². The molecule has 0 saturated carbocycles. The molecule has 0 aromatic heterocycles. The van der Waals surface area contributed by atoms with Gasteiger partial charge in [-0.2, -0.15) is 0 Å². The highest BCUT2D eigenvalue weighted by Crippen LogP contribution is 2.32. The van der Waals surface area contributed by atoms with Crippen LogP contribution in [0.3, 0.4) is 0 Å². The predicted octanol–water partition coefficient (Wildman–Crippen LogP) is 3.39. The van der Waals surface area contributed by atoms with E-state index in [0.717, 1.165) is 24.1 Å². The summed E-state index contributed by atoms with van der Waals surface area (Å²) < 4.78 is 13.6. The first kappa shape index (κ1) is 13.6. The summed E-state index contributed by atoms with van der Waals surface area (Å²) in [6, 6.07) is 12.2. The highest BCUT2D eigenvalue weighted by molar-refractivity contribution is 6.10. The van der Waals surface area contributed by atoms with E-state index in [2.05, 4.69) is 0 Å². The van der Waals surface area contributed by atoms with Gasteiger partial charge in [0.2, 0.25) is 0 Å². The van der Waals surface area contributed by atoms with Crippen LogP contribution in [-0.2, 0) is 6.42 Å². The Morgan fingerprint density at radius 1 is 1.24 bits per heavy atom. The zero-order chi connectivity index (χ0) is 15.0. The lowest BCUT2D eigenvalue weighted by molar-refractivity contribution is 0.0975. The highest BCUT2D eigenvalue weighted by Gasteiger charge is 2.30. The van der Waals surface area contributed by atoms with Gasteiger partial charge in [0, 0.05) is 11.7 Å². The third kappa shape index (κ3) is 2.27. The standard InChI is InChI=1S/C17H17FN2O/c1-11-9-10-12-5-2-3-8-15(12)20(11)17(21)13-6-4-7-14(18)16(13)19/h2-8,11H,9-10,19H2,1H3. The van der Waals surface area contributed by atoms with Crippen LogP contribution < -0.4 is 10.6 Å². The maximum absolute atomic E-state index is 13.6. The van der Waals surface area contributed by atoms with E-state index < -0.39 is 5.82 Å². The summed E-state index contributed by atoms with van der Waals surface area (Å²) in [7, 11) is 0. The van der Waals surface area contributed by atoms with Crippen LogP contribution in [0, 0.1) is 5.82 Å². The Hall–Kier alpha value is -2.36. The van der Waals surface area contributed by atoms with Gasteiger partial charge in [0.05, 0.1) is 11.3 Å². The molecule has 0 saturated heterocycles. The number of carbonyl (C=O) groups excluding carboxylic acids is 1. The molecule has 0 radical (unpaired) electrons. The molecule has 0 spiro atoms.